The summed E-state index contributed by atoms with van der Waals surface area (Å²) in [6.45, 7) is 2.11. The average Bonchev–Trinajstić information content (AvgIpc) is 3.08. The topological polar surface area (TPSA) is 17.8 Å². The molecule has 102 valence electrons. The highest BCUT2D eigenvalue weighted by atomic mass is 32.2. The maximum absolute atomic E-state index is 4.77. The lowest BCUT2D eigenvalue weighted by atomic mass is 10.2. The fourth-order valence-corrected chi connectivity index (χ4v) is 3.41. The molecule has 0 saturated carbocycles. The number of rotatable bonds is 3. The van der Waals surface area contributed by atoms with Gasteiger partial charge in [0, 0.05) is 28.6 Å². The van der Waals surface area contributed by atoms with E-state index in [0.29, 0.717) is 0 Å². The molecule has 0 saturated heterocycles. The van der Waals surface area contributed by atoms with Crippen molar-refractivity contribution < 1.29 is 0 Å². The third kappa shape index (κ3) is 2.41. The maximum atomic E-state index is 4.77. The quantitative estimate of drug-likeness (QED) is 0.644. The smallest absolute Gasteiger partial charge is 0.140 e. The molecule has 2 heterocycles. The molecule has 0 radical (unpaired) electrons. The molecule has 0 fully saturated rings. The van der Waals surface area contributed by atoms with Crippen molar-refractivity contribution in [3.63, 3.8) is 0 Å². The maximum Gasteiger partial charge on any atom is 0.140 e. The number of nitrogens with zero attached hydrogens (tertiary/aromatic N) is 2. The number of aromatic nitrogens is 2. The minimum atomic E-state index is 1.05. The van der Waals surface area contributed by atoms with Gasteiger partial charge in [-0.15, -0.1) is 23.1 Å². The first-order chi connectivity index (χ1) is 9.69. The van der Waals surface area contributed by atoms with Crippen LogP contribution in [0.4, 0.5) is 0 Å². The Kier molecular flexibility index (Phi) is 3.68. The van der Waals surface area contributed by atoms with Crippen LogP contribution in [-0.2, 0) is 7.05 Å². The van der Waals surface area contributed by atoms with Crippen molar-refractivity contribution in [2.24, 2.45) is 7.05 Å². The number of thiazole rings is 1. The largest absolute Gasteiger partial charge is 0.346 e. The summed E-state index contributed by atoms with van der Waals surface area (Å²) in [7, 11) is 2.08. The van der Waals surface area contributed by atoms with Crippen molar-refractivity contribution in [3.8, 4) is 22.0 Å². The minimum absolute atomic E-state index is 1.05. The number of hydrogen-bond donors (Lipinski definition) is 0. The van der Waals surface area contributed by atoms with Gasteiger partial charge >= 0.3 is 0 Å². The first kappa shape index (κ1) is 13.5. The Morgan fingerprint density at radius 1 is 1.10 bits per heavy atom. The van der Waals surface area contributed by atoms with Crippen LogP contribution < -0.4 is 0 Å². The molecule has 1 aromatic carbocycles. The molecule has 20 heavy (non-hydrogen) atoms. The lowest BCUT2D eigenvalue weighted by Gasteiger charge is -2.01. The molecule has 0 aliphatic carbocycles. The van der Waals surface area contributed by atoms with E-state index in [2.05, 4.69) is 66.6 Å². The van der Waals surface area contributed by atoms with E-state index in [9.17, 15) is 0 Å². The molecule has 0 bridgehead atoms. The number of benzene rings is 1. The van der Waals surface area contributed by atoms with Crippen molar-refractivity contribution in [2.75, 3.05) is 6.26 Å². The predicted molar refractivity (Wildman–Crippen MR) is 88.5 cm³/mol. The van der Waals surface area contributed by atoms with Gasteiger partial charge < -0.3 is 4.57 Å². The second kappa shape index (κ2) is 5.46. The van der Waals surface area contributed by atoms with Crippen LogP contribution in [0, 0.1) is 6.92 Å². The third-order valence-electron chi connectivity index (χ3n) is 3.48. The normalized spacial score (nSPS) is 10.9. The van der Waals surface area contributed by atoms with Gasteiger partial charge in [-0.05, 0) is 37.4 Å². The second-order valence-corrected chi connectivity index (χ2v) is 6.42. The van der Waals surface area contributed by atoms with Gasteiger partial charge in [-0.3, -0.25) is 0 Å². The summed E-state index contributed by atoms with van der Waals surface area (Å²) in [6.07, 6.45) is 2.09. The standard InChI is InChI=1S/C16H16N2S2/c1-11-4-9-15(18(11)2)16-17-14(10-20-16)12-5-7-13(19-3)8-6-12/h4-10H,1-3H3. The Morgan fingerprint density at radius 2 is 1.85 bits per heavy atom. The molecule has 0 N–H and O–H groups in total. The average molecular weight is 300 g/mol. The Balaban J connectivity index is 1.95. The SMILES string of the molecule is CSc1ccc(-c2csc(-c3ccc(C)n3C)n2)cc1. The molecule has 0 amide bonds. The van der Waals surface area contributed by atoms with Crippen LogP contribution in [0.15, 0.2) is 46.7 Å². The molecule has 3 aromatic rings. The highest BCUT2D eigenvalue weighted by Crippen LogP contribution is 2.30. The molecule has 0 atom stereocenters. The second-order valence-electron chi connectivity index (χ2n) is 4.69. The van der Waals surface area contributed by atoms with Crippen LogP contribution in [0.1, 0.15) is 5.69 Å². The summed E-state index contributed by atoms with van der Waals surface area (Å²) in [5, 5.41) is 3.20. The summed E-state index contributed by atoms with van der Waals surface area (Å²) in [5.41, 5.74) is 4.66. The van der Waals surface area contributed by atoms with Crippen molar-refractivity contribution >= 4 is 23.1 Å². The molecule has 0 spiro atoms. The summed E-state index contributed by atoms with van der Waals surface area (Å²) < 4.78 is 2.18. The Morgan fingerprint density at radius 3 is 2.45 bits per heavy atom. The van der Waals surface area contributed by atoms with E-state index < -0.39 is 0 Å². The first-order valence-electron chi connectivity index (χ1n) is 6.41. The van der Waals surface area contributed by atoms with Gasteiger partial charge in [0.1, 0.15) is 5.01 Å². The van der Waals surface area contributed by atoms with Crippen LogP contribution in [0.3, 0.4) is 0 Å². The van der Waals surface area contributed by atoms with E-state index >= 15 is 0 Å². The zero-order valence-electron chi connectivity index (χ0n) is 11.8. The number of aryl methyl sites for hydroxylation is 1. The lowest BCUT2D eigenvalue weighted by Crippen LogP contribution is -1.93. The van der Waals surface area contributed by atoms with Gasteiger partial charge in [0.25, 0.3) is 0 Å². The van der Waals surface area contributed by atoms with Gasteiger partial charge in [0.15, 0.2) is 0 Å². The lowest BCUT2D eigenvalue weighted by molar-refractivity contribution is 0.890. The molecular weight excluding hydrogens is 284 g/mol. The molecule has 0 aliphatic rings. The van der Waals surface area contributed by atoms with Crippen LogP contribution in [-0.4, -0.2) is 15.8 Å². The molecule has 4 heteroatoms. The Hall–Kier alpha value is -1.52. The zero-order valence-corrected chi connectivity index (χ0v) is 13.4. The minimum Gasteiger partial charge on any atom is -0.346 e. The van der Waals surface area contributed by atoms with Crippen molar-refractivity contribution in [1.82, 2.24) is 9.55 Å². The summed E-state index contributed by atoms with van der Waals surface area (Å²) in [5.74, 6) is 0. The van der Waals surface area contributed by atoms with Gasteiger partial charge in [-0.2, -0.15) is 0 Å². The van der Waals surface area contributed by atoms with E-state index in [4.69, 9.17) is 4.98 Å². The fourth-order valence-electron chi connectivity index (χ4n) is 2.11. The zero-order chi connectivity index (χ0) is 14.1. The van der Waals surface area contributed by atoms with Crippen LogP contribution in [0.5, 0.6) is 0 Å². The van der Waals surface area contributed by atoms with Crippen LogP contribution in [0.2, 0.25) is 0 Å². The Bertz CT molecular complexity index is 723. The molecule has 0 aliphatic heterocycles. The summed E-state index contributed by atoms with van der Waals surface area (Å²) in [4.78, 5) is 6.05. The van der Waals surface area contributed by atoms with Crippen LogP contribution in [0.25, 0.3) is 22.0 Å². The van der Waals surface area contributed by atoms with E-state index in [0.717, 1.165) is 10.7 Å². The van der Waals surface area contributed by atoms with E-state index in [-0.39, 0.29) is 0 Å². The van der Waals surface area contributed by atoms with Gasteiger partial charge in [-0.25, -0.2) is 4.98 Å². The molecule has 0 unspecified atom stereocenters. The highest BCUT2D eigenvalue weighted by Gasteiger charge is 2.10. The van der Waals surface area contributed by atoms with Crippen LogP contribution >= 0.6 is 23.1 Å². The third-order valence-corrected chi connectivity index (χ3v) is 5.09. The summed E-state index contributed by atoms with van der Waals surface area (Å²) in [6, 6.07) is 12.8. The Labute approximate surface area is 127 Å². The predicted octanol–water partition coefficient (Wildman–Crippen LogP) is 4.85. The van der Waals surface area contributed by atoms with Crippen molar-refractivity contribution in [1.29, 1.82) is 0 Å². The molecule has 3 rings (SSSR count). The van der Waals surface area contributed by atoms with Gasteiger partial charge in [0.2, 0.25) is 0 Å². The fraction of sp³-hybridized carbons (Fsp3) is 0.188. The number of thioether (sulfide) groups is 1. The molecule has 2 nitrogen and oxygen atoms in total. The first-order valence-corrected chi connectivity index (χ1v) is 8.52. The van der Waals surface area contributed by atoms with E-state index in [1.807, 2.05) is 0 Å². The number of hydrogen-bond acceptors (Lipinski definition) is 3. The molecular formula is C16H16N2S2. The van der Waals surface area contributed by atoms with E-state index in [1.54, 1.807) is 23.1 Å². The van der Waals surface area contributed by atoms with Gasteiger partial charge in [0.05, 0.1) is 11.4 Å². The van der Waals surface area contributed by atoms with E-state index in [1.165, 1.54) is 21.8 Å². The highest BCUT2D eigenvalue weighted by molar-refractivity contribution is 7.98. The van der Waals surface area contributed by atoms with Gasteiger partial charge in [-0.1, -0.05) is 12.1 Å². The monoisotopic (exact) mass is 300 g/mol. The van der Waals surface area contributed by atoms with Crippen molar-refractivity contribution in [2.45, 2.75) is 11.8 Å². The summed E-state index contributed by atoms with van der Waals surface area (Å²) >= 11 is 3.46. The molecule has 2 aromatic heterocycles. The van der Waals surface area contributed by atoms with Crippen molar-refractivity contribution in [3.05, 3.63) is 47.5 Å².